The predicted molar refractivity (Wildman–Crippen MR) is 129 cm³/mol. The van der Waals surface area contributed by atoms with Gasteiger partial charge in [0.1, 0.15) is 23.9 Å². The maximum atomic E-state index is 6.03. The molecule has 0 bridgehead atoms. The molecule has 2 aromatic rings. The monoisotopic (exact) mass is 434 g/mol. The molecule has 0 unspecified atom stereocenters. The number of piperazine rings is 1. The van der Waals surface area contributed by atoms with Crippen LogP contribution in [-0.4, -0.2) is 57.9 Å². The molecule has 170 valence electrons. The number of hydrogen-bond acceptors (Lipinski definition) is 5. The summed E-state index contributed by atoms with van der Waals surface area (Å²) in [5, 5.41) is 0. The molecule has 1 saturated heterocycles. The number of methoxy groups -OCH3 is 1. The molecule has 0 aromatic heterocycles. The fourth-order valence-corrected chi connectivity index (χ4v) is 5.07. The molecule has 2 heterocycles. The zero-order chi connectivity index (χ0) is 21.8. The summed E-state index contributed by atoms with van der Waals surface area (Å²) in [5.74, 6) is 2.84. The van der Waals surface area contributed by atoms with Gasteiger partial charge < -0.3 is 19.1 Å². The van der Waals surface area contributed by atoms with Crippen molar-refractivity contribution in [1.82, 2.24) is 4.90 Å². The van der Waals surface area contributed by atoms with Gasteiger partial charge in [0, 0.05) is 43.5 Å². The van der Waals surface area contributed by atoms with E-state index in [-0.39, 0.29) is 0 Å². The number of hydrogen-bond donors (Lipinski definition) is 0. The molecule has 5 rings (SSSR count). The van der Waals surface area contributed by atoms with Crippen molar-refractivity contribution in [3.05, 3.63) is 53.6 Å². The third kappa shape index (κ3) is 4.73. The number of ether oxygens (including phenoxy) is 3. The van der Waals surface area contributed by atoms with Gasteiger partial charge in [0.2, 0.25) is 0 Å². The molecule has 2 aromatic carbocycles. The quantitative estimate of drug-likeness (QED) is 0.546. The second-order valence-corrected chi connectivity index (χ2v) is 8.96. The van der Waals surface area contributed by atoms with Gasteiger partial charge in [-0.2, -0.15) is 0 Å². The summed E-state index contributed by atoms with van der Waals surface area (Å²) in [7, 11) is 1.71. The molecular formula is C27H34N2O3. The number of benzene rings is 2. The second-order valence-electron chi connectivity index (χ2n) is 8.96. The van der Waals surface area contributed by atoms with E-state index in [9.17, 15) is 0 Å². The van der Waals surface area contributed by atoms with Gasteiger partial charge in [0.05, 0.1) is 13.7 Å². The molecule has 1 aliphatic carbocycles. The van der Waals surface area contributed by atoms with Crippen LogP contribution in [0.1, 0.15) is 37.7 Å². The molecule has 2 aliphatic heterocycles. The minimum atomic E-state index is 0.761. The van der Waals surface area contributed by atoms with Crippen LogP contribution < -0.4 is 19.1 Å². The first-order valence-electron chi connectivity index (χ1n) is 12.0. The molecule has 0 atom stereocenters. The van der Waals surface area contributed by atoms with Crippen molar-refractivity contribution >= 4 is 11.3 Å². The summed E-state index contributed by atoms with van der Waals surface area (Å²) in [6.07, 6.45) is 5.90. The Balaban J connectivity index is 1.01. The van der Waals surface area contributed by atoms with E-state index in [4.69, 9.17) is 14.2 Å². The first-order chi connectivity index (χ1) is 15.8. The molecular weight excluding hydrogens is 400 g/mol. The van der Waals surface area contributed by atoms with Crippen molar-refractivity contribution in [3.8, 4) is 17.2 Å². The molecule has 0 N–H and O–H groups in total. The first kappa shape index (κ1) is 21.2. The van der Waals surface area contributed by atoms with Crippen LogP contribution in [0.3, 0.4) is 0 Å². The van der Waals surface area contributed by atoms with Crippen LogP contribution in [0.5, 0.6) is 17.2 Å². The maximum absolute atomic E-state index is 6.03. The van der Waals surface area contributed by atoms with E-state index in [1.807, 2.05) is 12.1 Å². The van der Waals surface area contributed by atoms with Crippen molar-refractivity contribution in [2.45, 2.75) is 32.1 Å². The largest absolute Gasteiger partial charge is 0.497 e. The minimum absolute atomic E-state index is 0.761. The zero-order valence-electron chi connectivity index (χ0n) is 19.1. The molecule has 0 amide bonds. The lowest BCUT2D eigenvalue weighted by Crippen LogP contribution is -2.46. The average Bonchev–Trinajstić information content (AvgIpc) is 3.34. The van der Waals surface area contributed by atoms with Gasteiger partial charge >= 0.3 is 0 Å². The van der Waals surface area contributed by atoms with Crippen molar-refractivity contribution in [1.29, 1.82) is 0 Å². The Labute approximate surface area is 191 Å². The summed E-state index contributed by atoms with van der Waals surface area (Å²) in [6.45, 7) is 7.06. The van der Waals surface area contributed by atoms with Crippen molar-refractivity contribution in [2.75, 3.05) is 57.9 Å². The zero-order valence-corrected chi connectivity index (χ0v) is 19.1. The molecule has 5 heteroatoms. The molecule has 5 nitrogen and oxygen atoms in total. The fourth-order valence-electron chi connectivity index (χ4n) is 5.07. The van der Waals surface area contributed by atoms with Crippen molar-refractivity contribution in [3.63, 3.8) is 0 Å². The third-order valence-electron chi connectivity index (χ3n) is 6.96. The normalized spacial score (nSPS) is 18.2. The van der Waals surface area contributed by atoms with Crippen LogP contribution in [0.4, 0.5) is 5.69 Å². The Morgan fingerprint density at radius 3 is 2.53 bits per heavy atom. The molecule has 1 fully saturated rings. The number of anilines is 1. The number of fused-ring (bicyclic) bond motifs is 2. The van der Waals surface area contributed by atoms with Gasteiger partial charge in [-0.05, 0) is 86.2 Å². The highest BCUT2D eigenvalue weighted by atomic mass is 16.5. The summed E-state index contributed by atoms with van der Waals surface area (Å²) in [6, 6.07) is 14.8. The van der Waals surface area contributed by atoms with Crippen molar-refractivity contribution in [2.24, 2.45) is 0 Å². The lowest BCUT2D eigenvalue weighted by atomic mass is 9.99. The van der Waals surface area contributed by atoms with E-state index in [0.29, 0.717) is 0 Å². The standard InChI is InChI=1S/C27H34N2O3/c1-30-23-9-7-22(8-10-23)29-16-14-28(15-17-29)13-2-3-18-31-24-11-12-26-25-6-4-5-21(25)20-32-27(26)19-24/h7-12,19H,2-6,13-18,20H2,1H3. The molecule has 32 heavy (non-hydrogen) atoms. The lowest BCUT2D eigenvalue weighted by Gasteiger charge is -2.36. The Hall–Kier alpha value is -2.66. The Morgan fingerprint density at radius 2 is 1.72 bits per heavy atom. The summed E-state index contributed by atoms with van der Waals surface area (Å²) in [4.78, 5) is 5.03. The van der Waals surface area contributed by atoms with E-state index in [1.54, 1.807) is 7.11 Å². The number of allylic oxidation sites excluding steroid dienone is 1. The highest BCUT2D eigenvalue weighted by Crippen LogP contribution is 2.43. The van der Waals surface area contributed by atoms with Crippen LogP contribution in [0, 0.1) is 0 Å². The van der Waals surface area contributed by atoms with E-state index >= 15 is 0 Å². The number of unbranched alkanes of at least 4 members (excludes halogenated alkanes) is 1. The van der Waals surface area contributed by atoms with E-state index in [1.165, 1.54) is 48.1 Å². The number of nitrogens with zero attached hydrogens (tertiary/aromatic N) is 2. The molecule has 0 radical (unpaired) electrons. The molecule has 3 aliphatic rings. The van der Waals surface area contributed by atoms with Crippen molar-refractivity contribution < 1.29 is 14.2 Å². The Kier molecular flexibility index (Phi) is 6.54. The minimum Gasteiger partial charge on any atom is -0.497 e. The van der Waals surface area contributed by atoms with Crippen LogP contribution in [0.2, 0.25) is 0 Å². The summed E-state index contributed by atoms with van der Waals surface area (Å²) in [5.41, 5.74) is 5.58. The van der Waals surface area contributed by atoms with Crippen LogP contribution in [-0.2, 0) is 0 Å². The fraction of sp³-hybridized carbons (Fsp3) is 0.481. The second kappa shape index (κ2) is 9.86. The van der Waals surface area contributed by atoms with Gasteiger partial charge in [-0.3, -0.25) is 4.90 Å². The van der Waals surface area contributed by atoms with Gasteiger partial charge in [-0.15, -0.1) is 0 Å². The van der Waals surface area contributed by atoms with Crippen LogP contribution in [0.25, 0.3) is 5.57 Å². The topological polar surface area (TPSA) is 34.2 Å². The van der Waals surface area contributed by atoms with E-state index < -0.39 is 0 Å². The van der Waals surface area contributed by atoms with Gasteiger partial charge in [0.25, 0.3) is 0 Å². The van der Waals surface area contributed by atoms with E-state index in [2.05, 4.69) is 40.1 Å². The molecule has 0 spiro atoms. The molecule has 0 saturated carbocycles. The summed E-state index contributed by atoms with van der Waals surface area (Å²) >= 11 is 0. The van der Waals surface area contributed by atoms with Gasteiger partial charge in [0.15, 0.2) is 0 Å². The van der Waals surface area contributed by atoms with Crippen LogP contribution in [0.15, 0.2) is 48.0 Å². The SMILES string of the molecule is COc1ccc(N2CCN(CCCCOc3ccc4c(c3)OCC3=C4CCC3)CC2)cc1. The predicted octanol–water partition coefficient (Wildman–Crippen LogP) is 5.01. The lowest BCUT2D eigenvalue weighted by molar-refractivity contribution is 0.238. The summed E-state index contributed by atoms with van der Waals surface area (Å²) < 4.78 is 17.3. The maximum Gasteiger partial charge on any atom is 0.130 e. The van der Waals surface area contributed by atoms with Crippen LogP contribution >= 0.6 is 0 Å². The van der Waals surface area contributed by atoms with E-state index in [0.717, 1.165) is 69.6 Å². The highest BCUT2D eigenvalue weighted by molar-refractivity contribution is 5.77. The number of rotatable bonds is 8. The smallest absolute Gasteiger partial charge is 0.130 e. The average molecular weight is 435 g/mol. The highest BCUT2D eigenvalue weighted by Gasteiger charge is 2.24. The Morgan fingerprint density at radius 1 is 0.906 bits per heavy atom. The third-order valence-corrected chi connectivity index (χ3v) is 6.96. The van der Waals surface area contributed by atoms with Gasteiger partial charge in [-0.25, -0.2) is 0 Å². The van der Waals surface area contributed by atoms with Gasteiger partial charge in [-0.1, -0.05) is 0 Å². The Bertz CT molecular complexity index is 946. The first-order valence-corrected chi connectivity index (χ1v) is 12.0.